The Bertz CT molecular complexity index is 1350. The number of carbonyl (C=O) groups excluding carboxylic acids is 1. The Balaban J connectivity index is 1.72. The molecule has 1 saturated carbocycles. The van der Waals surface area contributed by atoms with Gasteiger partial charge in [0.25, 0.3) is 5.91 Å². The Morgan fingerprint density at radius 2 is 2.03 bits per heavy atom. The smallest absolute Gasteiger partial charge is 0.324 e. The first-order valence-electron chi connectivity index (χ1n) is 11.7. The summed E-state index contributed by atoms with van der Waals surface area (Å²) < 4.78 is 47.0. The van der Waals surface area contributed by atoms with Crippen LogP contribution >= 0.6 is 0 Å². The maximum absolute atomic E-state index is 13.8. The molecule has 1 fully saturated rings. The lowest BCUT2D eigenvalue weighted by Gasteiger charge is -2.19. The number of ether oxygens (including phenoxy) is 1. The van der Waals surface area contributed by atoms with Crippen LogP contribution in [0.25, 0.3) is 16.9 Å². The van der Waals surface area contributed by atoms with Crippen LogP contribution < -0.4 is 15.4 Å². The molecule has 0 unspecified atom stereocenters. The fourth-order valence-corrected chi connectivity index (χ4v) is 3.48. The lowest BCUT2D eigenvalue weighted by Crippen LogP contribution is -2.29. The van der Waals surface area contributed by atoms with Crippen molar-refractivity contribution >= 4 is 17.2 Å². The number of nitrogens with one attached hydrogen (secondary N) is 2. The van der Waals surface area contributed by atoms with E-state index in [4.69, 9.17) is 9.84 Å². The number of alkyl halides is 2. The van der Waals surface area contributed by atoms with E-state index in [0.717, 1.165) is 18.4 Å². The Hall–Kier alpha value is -3.64. The maximum Gasteiger partial charge on any atom is 0.324 e. The van der Waals surface area contributed by atoms with Crippen molar-refractivity contribution in [2.24, 2.45) is 0 Å². The van der Waals surface area contributed by atoms with E-state index in [1.807, 2.05) is 6.92 Å². The predicted molar refractivity (Wildman–Crippen MR) is 130 cm³/mol. The van der Waals surface area contributed by atoms with E-state index in [2.05, 4.69) is 20.7 Å². The molecule has 198 valence electrons. The van der Waals surface area contributed by atoms with Crippen LogP contribution in [0.3, 0.4) is 0 Å². The summed E-state index contributed by atoms with van der Waals surface area (Å²) >= 11 is 0. The summed E-state index contributed by atoms with van der Waals surface area (Å²) in [7, 11) is 0. The third-order valence-electron chi connectivity index (χ3n) is 5.67. The quantitative estimate of drug-likeness (QED) is 0.302. The van der Waals surface area contributed by atoms with E-state index >= 15 is 0 Å². The molecule has 1 amide bonds. The van der Waals surface area contributed by atoms with Gasteiger partial charge in [-0.15, -0.1) is 5.10 Å². The molecule has 3 aromatic rings. The van der Waals surface area contributed by atoms with Crippen LogP contribution in [-0.4, -0.2) is 61.4 Å². The molecule has 4 rings (SSSR count). The van der Waals surface area contributed by atoms with Crippen molar-refractivity contribution in [2.75, 3.05) is 18.5 Å². The topological polar surface area (TPSA) is 121 Å². The summed E-state index contributed by atoms with van der Waals surface area (Å²) in [5, 5.41) is 29.0. The molecule has 0 aliphatic heterocycles. The first kappa shape index (κ1) is 26.4. The summed E-state index contributed by atoms with van der Waals surface area (Å²) in [5.74, 6) is -6.46. The maximum atomic E-state index is 13.8. The Morgan fingerprint density at radius 1 is 1.30 bits per heavy atom. The highest BCUT2D eigenvalue weighted by Crippen LogP contribution is 2.30. The number of aliphatic hydroxyl groups is 2. The molecule has 2 aromatic heterocycles. The van der Waals surface area contributed by atoms with Gasteiger partial charge in [-0.2, -0.15) is 8.78 Å². The summed E-state index contributed by atoms with van der Waals surface area (Å²) in [5.41, 5.74) is 2.02. The summed E-state index contributed by atoms with van der Waals surface area (Å²) in [4.78, 5) is 16.9. The first-order valence-corrected chi connectivity index (χ1v) is 11.7. The number of halogens is 3. The minimum atomic E-state index is -4.10. The number of aliphatic hydroxyl groups excluding tert-OH is 1. The normalized spacial score (nSPS) is 14.6. The van der Waals surface area contributed by atoms with Gasteiger partial charge in [0.1, 0.15) is 12.9 Å². The second-order valence-corrected chi connectivity index (χ2v) is 9.66. The fraction of sp³-hybridized carbons (Fsp3) is 0.400. The number of anilines is 1. The molecule has 0 spiro atoms. The highest BCUT2D eigenvalue weighted by atomic mass is 19.3. The Morgan fingerprint density at radius 3 is 2.65 bits per heavy atom. The largest absolute Gasteiger partial charge is 0.442 e. The van der Waals surface area contributed by atoms with Crippen molar-refractivity contribution in [1.29, 1.82) is 0 Å². The number of aromatic nitrogens is 3. The number of fused-ring (bicyclic) bond motifs is 1. The van der Waals surface area contributed by atoms with Crippen LogP contribution in [0.15, 0.2) is 42.6 Å². The molecule has 12 heteroatoms. The van der Waals surface area contributed by atoms with Crippen LogP contribution in [0.1, 0.15) is 42.6 Å². The predicted octanol–water partition coefficient (Wildman–Crippen LogP) is 3.60. The van der Waals surface area contributed by atoms with Crippen molar-refractivity contribution < 1.29 is 32.9 Å². The molecule has 0 saturated heterocycles. The van der Waals surface area contributed by atoms with E-state index in [9.17, 15) is 23.1 Å². The van der Waals surface area contributed by atoms with Gasteiger partial charge in [0.2, 0.25) is 11.7 Å². The molecule has 0 radical (unpaired) electrons. The van der Waals surface area contributed by atoms with Gasteiger partial charge in [-0.25, -0.2) is 13.9 Å². The lowest BCUT2D eigenvalue weighted by molar-refractivity contribution is -0.0353. The van der Waals surface area contributed by atoms with Crippen LogP contribution in [-0.2, 0) is 0 Å². The number of imidazole rings is 1. The fourth-order valence-electron chi connectivity index (χ4n) is 3.48. The zero-order valence-electron chi connectivity index (χ0n) is 20.6. The summed E-state index contributed by atoms with van der Waals surface area (Å²) in [6.45, 7) is 3.37. The summed E-state index contributed by atoms with van der Waals surface area (Å²) in [6, 6.07) is 6.78. The zero-order chi connectivity index (χ0) is 27.0. The molecule has 1 aromatic carbocycles. The van der Waals surface area contributed by atoms with Gasteiger partial charge in [-0.05, 0) is 51.3 Å². The van der Waals surface area contributed by atoms with Crippen LogP contribution in [0.5, 0.6) is 5.88 Å². The first-order chi connectivity index (χ1) is 17.4. The number of amides is 1. The lowest BCUT2D eigenvalue weighted by atomic mass is 10.0. The molecule has 4 N–H and O–H groups in total. The van der Waals surface area contributed by atoms with Gasteiger partial charge in [0.05, 0.1) is 23.2 Å². The molecule has 0 atom stereocenters. The highest BCUT2D eigenvalue weighted by Gasteiger charge is 2.35. The van der Waals surface area contributed by atoms with Crippen LogP contribution in [0.4, 0.5) is 18.9 Å². The number of benzene rings is 1. The second kappa shape index (κ2) is 10.0. The van der Waals surface area contributed by atoms with Crippen molar-refractivity contribution in [3.05, 3.63) is 53.7 Å². The zero-order valence-corrected chi connectivity index (χ0v) is 20.6. The molecule has 0 bridgehead atoms. The molecule has 1 aliphatic carbocycles. The molecule has 1 aliphatic rings. The van der Waals surface area contributed by atoms with Gasteiger partial charge >= 0.3 is 5.92 Å². The van der Waals surface area contributed by atoms with Crippen molar-refractivity contribution in [2.45, 2.75) is 51.2 Å². The number of nitrogens with zero attached hydrogens (tertiary/aromatic N) is 3. The molecular formula is C25H28F3N5O4. The average molecular weight is 520 g/mol. The number of hydrogen-bond acceptors (Lipinski definition) is 7. The standard InChI is InChI=1S/C25H28F3N5O4/c1-14-8-15(4-7-17(14)23(35)31-16-5-6-16)19-10-29-22-18(30-12-24(2,3)36)9-21(32-33(19)22)37-11-20(26)25(27,28)13-34/h4,7-11,16,30,34,36H,5-6,12-13H2,1-3H3,(H,31,35)/b20-11+. The minimum absolute atomic E-state index is 0.102. The molecule has 37 heavy (non-hydrogen) atoms. The third kappa shape index (κ3) is 6.20. The van der Waals surface area contributed by atoms with E-state index in [1.165, 1.54) is 16.8 Å². The van der Waals surface area contributed by atoms with Crippen molar-refractivity contribution in [1.82, 2.24) is 19.9 Å². The molecule has 2 heterocycles. The average Bonchev–Trinajstić information content (AvgIpc) is 3.55. The Labute approximate surface area is 211 Å². The SMILES string of the molecule is Cc1cc(-c2cnc3c(NCC(C)(C)O)cc(O/C=C(/F)C(F)(F)CO)nn23)ccc1C(=O)NC1CC1. The van der Waals surface area contributed by atoms with Gasteiger partial charge < -0.3 is 25.6 Å². The molecular weight excluding hydrogens is 491 g/mol. The van der Waals surface area contributed by atoms with Crippen molar-refractivity contribution in [3.8, 4) is 17.1 Å². The van der Waals surface area contributed by atoms with Crippen LogP contribution in [0, 0.1) is 6.92 Å². The van der Waals surface area contributed by atoms with Crippen molar-refractivity contribution in [3.63, 3.8) is 0 Å². The second-order valence-electron chi connectivity index (χ2n) is 9.66. The van der Waals surface area contributed by atoms with Gasteiger partial charge in [0.15, 0.2) is 5.65 Å². The van der Waals surface area contributed by atoms with E-state index in [1.54, 1.807) is 32.0 Å². The highest BCUT2D eigenvalue weighted by molar-refractivity contribution is 5.96. The van der Waals surface area contributed by atoms with Gasteiger partial charge in [0, 0.05) is 29.8 Å². The van der Waals surface area contributed by atoms with E-state index in [-0.39, 0.29) is 30.6 Å². The monoisotopic (exact) mass is 519 g/mol. The molecule has 9 nitrogen and oxygen atoms in total. The van der Waals surface area contributed by atoms with Gasteiger partial charge in [-0.1, -0.05) is 6.07 Å². The van der Waals surface area contributed by atoms with E-state index in [0.29, 0.717) is 28.2 Å². The minimum Gasteiger partial charge on any atom is -0.442 e. The summed E-state index contributed by atoms with van der Waals surface area (Å²) in [6.07, 6.45) is 3.66. The van der Waals surface area contributed by atoms with E-state index < -0.39 is 24.0 Å². The number of rotatable bonds is 10. The number of aryl methyl sites for hydroxylation is 1. The van der Waals surface area contributed by atoms with Crippen LogP contribution in [0.2, 0.25) is 0 Å². The number of hydrogen-bond donors (Lipinski definition) is 4. The third-order valence-corrected chi connectivity index (χ3v) is 5.67. The number of carbonyl (C=O) groups is 1. The Kier molecular flexibility index (Phi) is 7.16. The van der Waals surface area contributed by atoms with Gasteiger partial charge in [-0.3, -0.25) is 4.79 Å².